The molecule has 3 heteroatoms. The number of rotatable bonds is 1. The number of nitrogens with two attached hydrogens (primary N) is 1. The first-order chi connectivity index (χ1) is 8.27. The number of para-hydroxylation sites is 1. The maximum Gasteiger partial charge on any atom is 0.236 e. The Balaban J connectivity index is 2.15. The highest BCUT2D eigenvalue weighted by Crippen LogP contribution is 2.39. The second-order valence-corrected chi connectivity index (χ2v) is 4.14. The fraction of sp³-hybridized carbons (Fsp3) is 0.0714. The smallest absolute Gasteiger partial charge is 0.236 e. The molecule has 3 nitrogen and oxygen atoms in total. The Morgan fingerprint density at radius 2 is 1.76 bits per heavy atom. The van der Waals surface area contributed by atoms with Crippen LogP contribution in [0, 0.1) is 0 Å². The molecule has 1 unspecified atom stereocenters. The lowest BCUT2D eigenvalue weighted by molar-refractivity contribution is -0.116. The number of carbonyl (C=O) groups excluding carboxylic acids is 1. The van der Waals surface area contributed by atoms with Gasteiger partial charge in [-0.3, -0.25) is 4.79 Å². The van der Waals surface area contributed by atoms with Crippen LogP contribution in [0.5, 0.6) is 0 Å². The van der Waals surface area contributed by atoms with Crippen molar-refractivity contribution in [2.45, 2.75) is 5.92 Å². The number of nitrogen functional groups attached to an aromatic ring is 1. The number of hydrogen-bond acceptors (Lipinski definition) is 2. The normalized spacial score (nSPS) is 17.6. The maximum absolute atomic E-state index is 12.0. The fourth-order valence-electron chi connectivity index (χ4n) is 2.29. The average molecular weight is 224 g/mol. The van der Waals surface area contributed by atoms with E-state index in [1.165, 1.54) is 0 Å². The Morgan fingerprint density at radius 1 is 1.00 bits per heavy atom. The molecule has 0 saturated carbocycles. The summed E-state index contributed by atoms with van der Waals surface area (Å²) < 4.78 is 0. The van der Waals surface area contributed by atoms with Gasteiger partial charge < -0.3 is 11.1 Å². The van der Waals surface area contributed by atoms with Crippen molar-refractivity contribution in [2.75, 3.05) is 11.1 Å². The van der Waals surface area contributed by atoms with Crippen LogP contribution in [0.1, 0.15) is 17.0 Å². The molecule has 1 amide bonds. The number of amides is 1. The monoisotopic (exact) mass is 224 g/mol. The standard InChI is InChI=1S/C14H12N2O/c15-11-8-4-7-10-12(14(17)16-13(10)11)9-5-2-1-3-6-9/h1-8,12H,15H2,(H,16,17). The Hall–Kier alpha value is -2.29. The molecule has 1 heterocycles. The Kier molecular flexibility index (Phi) is 2.11. The van der Waals surface area contributed by atoms with Crippen molar-refractivity contribution >= 4 is 17.3 Å². The predicted octanol–water partition coefficient (Wildman–Crippen LogP) is 2.35. The highest BCUT2D eigenvalue weighted by atomic mass is 16.2. The van der Waals surface area contributed by atoms with E-state index >= 15 is 0 Å². The molecule has 3 rings (SSSR count). The first-order valence-electron chi connectivity index (χ1n) is 5.51. The fourth-order valence-corrected chi connectivity index (χ4v) is 2.29. The highest BCUT2D eigenvalue weighted by Gasteiger charge is 2.32. The Morgan fingerprint density at radius 3 is 2.53 bits per heavy atom. The zero-order chi connectivity index (χ0) is 11.8. The molecular formula is C14H12N2O. The van der Waals surface area contributed by atoms with E-state index < -0.39 is 0 Å². The number of nitrogens with one attached hydrogen (secondary N) is 1. The van der Waals surface area contributed by atoms with Gasteiger partial charge in [-0.2, -0.15) is 0 Å². The third-order valence-electron chi connectivity index (χ3n) is 3.08. The third kappa shape index (κ3) is 1.47. The lowest BCUT2D eigenvalue weighted by Crippen LogP contribution is -2.13. The summed E-state index contributed by atoms with van der Waals surface area (Å²) in [4.78, 5) is 12.0. The highest BCUT2D eigenvalue weighted by molar-refractivity contribution is 6.07. The molecule has 2 aromatic rings. The van der Waals surface area contributed by atoms with E-state index in [1.807, 2.05) is 42.5 Å². The van der Waals surface area contributed by atoms with Crippen molar-refractivity contribution in [3.05, 3.63) is 59.7 Å². The van der Waals surface area contributed by atoms with Crippen LogP contribution in [0.15, 0.2) is 48.5 Å². The predicted molar refractivity (Wildman–Crippen MR) is 67.8 cm³/mol. The van der Waals surface area contributed by atoms with Crippen LogP contribution in [0.4, 0.5) is 11.4 Å². The summed E-state index contributed by atoms with van der Waals surface area (Å²) in [6.45, 7) is 0. The molecule has 3 N–H and O–H groups in total. The summed E-state index contributed by atoms with van der Waals surface area (Å²) in [5.41, 5.74) is 9.19. The largest absolute Gasteiger partial charge is 0.397 e. The van der Waals surface area contributed by atoms with Crippen molar-refractivity contribution in [3.63, 3.8) is 0 Å². The molecule has 0 aliphatic carbocycles. The first kappa shape index (κ1) is 9.90. The molecular weight excluding hydrogens is 212 g/mol. The van der Waals surface area contributed by atoms with E-state index in [4.69, 9.17) is 5.73 Å². The molecule has 0 spiro atoms. The van der Waals surface area contributed by atoms with Crippen LogP contribution in [0.2, 0.25) is 0 Å². The zero-order valence-electron chi connectivity index (χ0n) is 9.18. The van der Waals surface area contributed by atoms with Crippen LogP contribution in [0.3, 0.4) is 0 Å². The van der Waals surface area contributed by atoms with Gasteiger partial charge in [0.15, 0.2) is 0 Å². The van der Waals surface area contributed by atoms with Gasteiger partial charge in [0.1, 0.15) is 0 Å². The van der Waals surface area contributed by atoms with E-state index in [-0.39, 0.29) is 11.8 Å². The molecule has 1 atom stereocenters. The van der Waals surface area contributed by atoms with Crippen molar-refractivity contribution in [3.8, 4) is 0 Å². The number of anilines is 2. The van der Waals surface area contributed by atoms with Gasteiger partial charge in [0.05, 0.1) is 17.3 Å². The van der Waals surface area contributed by atoms with Crippen molar-refractivity contribution in [2.24, 2.45) is 0 Å². The van der Waals surface area contributed by atoms with Crippen LogP contribution in [-0.4, -0.2) is 5.91 Å². The lowest BCUT2D eigenvalue weighted by atomic mass is 9.92. The quantitative estimate of drug-likeness (QED) is 0.730. The van der Waals surface area contributed by atoms with Crippen molar-refractivity contribution in [1.29, 1.82) is 0 Å². The van der Waals surface area contributed by atoms with Crippen LogP contribution >= 0.6 is 0 Å². The first-order valence-corrected chi connectivity index (χ1v) is 5.51. The van der Waals surface area contributed by atoms with Crippen LogP contribution in [0.25, 0.3) is 0 Å². The van der Waals surface area contributed by atoms with E-state index in [2.05, 4.69) is 5.32 Å². The van der Waals surface area contributed by atoms with Gasteiger partial charge in [-0.05, 0) is 17.2 Å². The second-order valence-electron chi connectivity index (χ2n) is 4.14. The molecule has 0 aromatic heterocycles. The summed E-state index contributed by atoms with van der Waals surface area (Å²) in [7, 11) is 0. The van der Waals surface area contributed by atoms with Gasteiger partial charge in [0, 0.05) is 0 Å². The molecule has 84 valence electrons. The lowest BCUT2D eigenvalue weighted by Gasteiger charge is -2.08. The van der Waals surface area contributed by atoms with E-state index in [9.17, 15) is 4.79 Å². The minimum absolute atomic E-state index is 0.0101. The number of fused-ring (bicyclic) bond motifs is 1. The van der Waals surface area contributed by atoms with E-state index in [0.717, 1.165) is 16.8 Å². The summed E-state index contributed by atoms with van der Waals surface area (Å²) in [6, 6.07) is 15.4. The van der Waals surface area contributed by atoms with Gasteiger partial charge in [-0.25, -0.2) is 0 Å². The molecule has 17 heavy (non-hydrogen) atoms. The van der Waals surface area contributed by atoms with Gasteiger partial charge in [0.25, 0.3) is 0 Å². The zero-order valence-corrected chi connectivity index (χ0v) is 9.18. The van der Waals surface area contributed by atoms with Gasteiger partial charge in [-0.15, -0.1) is 0 Å². The van der Waals surface area contributed by atoms with Gasteiger partial charge in [-0.1, -0.05) is 42.5 Å². The molecule has 0 radical (unpaired) electrons. The topological polar surface area (TPSA) is 55.1 Å². The molecule has 1 aliphatic rings. The van der Waals surface area contributed by atoms with Crippen LogP contribution < -0.4 is 11.1 Å². The summed E-state index contributed by atoms with van der Waals surface area (Å²) >= 11 is 0. The van der Waals surface area contributed by atoms with E-state index in [1.54, 1.807) is 6.07 Å². The van der Waals surface area contributed by atoms with Crippen LogP contribution in [-0.2, 0) is 4.79 Å². The Bertz CT molecular complexity index is 578. The summed E-state index contributed by atoms with van der Waals surface area (Å²) in [5, 5.41) is 2.85. The SMILES string of the molecule is Nc1cccc2c1NC(=O)C2c1ccccc1. The minimum atomic E-state index is -0.241. The van der Waals surface area contributed by atoms with Crippen molar-refractivity contribution in [1.82, 2.24) is 0 Å². The maximum atomic E-state index is 12.0. The molecule has 0 bridgehead atoms. The van der Waals surface area contributed by atoms with E-state index in [0.29, 0.717) is 5.69 Å². The minimum Gasteiger partial charge on any atom is -0.397 e. The second kappa shape index (κ2) is 3.63. The number of hydrogen-bond donors (Lipinski definition) is 2. The molecule has 2 aromatic carbocycles. The number of benzene rings is 2. The molecule has 0 saturated heterocycles. The summed E-state index contributed by atoms with van der Waals surface area (Å²) in [6.07, 6.45) is 0. The van der Waals surface area contributed by atoms with Crippen molar-refractivity contribution < 1.29 is 4.79 Å². The van der Waals surface area contributed by atoms with Gasteiger partial charge in [0.2, 0.25) is 5.91 Å². The van der Waals surface area contributed by atoms with Gasteiger partial charge >= 0.3 is 0 Å². The third-order valence-corrected chi connectivity index (χ3v) is 3.08. The average Bonchev–Trinajstić information content (AvgIpc) is 2.68. The molecule has 1 aliphatic heterocycles. The summed E-state index contributed by atoms with van der Waals surface area (Å²) in [5.74, 6) is -0.251. The Labute approximate surface area is 99.3 Å². The molecule has 0 fully saturated rings. The number of carbonyl (C=O) groups is 1.